The number of benzene rings is 1. The summed E-state index contributed by atoms with van der Waals surface area (Å²) >= 11 is 0. The average Bonchev–Trinajstić information content (AvgIpc) is 2.33. The van der Waals surface area contributed by atoms with E-state index < -0.39 is 0 Å². The SMILES string of the molecule is C1CCCCC1.NCc1ccc(F)cc1. The predicted octanol–water partition coefficient (Wildman–Crippen LogP) is 3.63. The zero-order chi connectivity index (χ0) is 10.9. The Kier molecular flexibility index (Phi) is 6.02. The van der Waals surface area contributed by atoms with Crippen LogP contribution in [0.5, 0.6) is 0 Å². The van der Waals surface area contributed by atoms with Gasteiger partial charge in [-0.15, -0.1) is 0 Å². The van der Waals surface area contributed by atoms with Gasteiger partial charge in [0.05, 0.1) is 0 Å². The summed E-state index contributed by atoms with van der Waals surface area (Å²) in [6.07, 6.45) is 9.00. The van der Waals surface area contributed by atoms with Crippen LogP contribution in [0.2, 0.25) is 0 Å². The Bertz CT molecular complexity index is 240. The summed E-state index contributed by atoms with van der Waals surface area (Å²) in [6, 6.07) is 6.16. The van der Waals surface area contributed by atoms with Gasteiger partial charge in [-0.25, -0.2) is 4.39 Å². The molecule has 0 heterocycles. The Balaban J connectivity index is 0.000000162. The zero-order valence-electron chi connectivity index (χ0n) is 9.21. The van der Waals surface area contributed by atoms with Crippen LogP contribution >= 0.6 is 0 Å². The van der Waals surface area contributed by atoms with Crippen molar-refractivity contribution >= 4 is 0 Å². The summed E-state index contributed by atoms with van der Waals surface area (Å²) in [5, 5.41) is 0. The van der Waals surface area contributed by atoms with E-state index in [2.05, 4.69) is 0 Å². The summed E-state index contributed by atoms with van der Waals surface area (Å²) in [6.45, 7) is 0.472. The summed E-state index contributed by atoms with van der Waals surface area (Å²) in [5.74, 6) is -0.216. The minimum atomic E-state index is -0.216. The molecule has 0 unspecified atom stereocenters. The number of hydrogen-bond acceptors (Lipinski definition) is 1. The first-order chi connectivity index (χ1) is 7.33. The first-order valence-corrected chi connectivity index (χ1v) is 5.77. The molecule has 1 aliphatic rings. The van der Waals surface area contributed by atoms with Crippen molar-refractivity contribution in [2.45, 2.75) is 45.1 Å². The molecule has 1 fully saturated rings. The first-order valence-electron chi connectivity index (χ1n) is 5.77. The molecule has 2 rings (SSSR count). The molecule has 1 aliphatic carbocycles. The molecule has 1 aromatic rings. The van der Waals surface area contributed by atoms with E-state index in [4.69, 9.17) is 5.73 Å². The highest BCUT2D eigenvalue weighted by Crippen LogP contribution is 2.15. The van der Waals surface area contributed by atoms with Gasteiger partial charge in [-0.2, -0.15) is 0 Å². The van der Waals surface area contributed by atoms with Crippen LogP contribution in [0.3, 0.4) is 0 Å². The number of hydrogen-bond donors (Lipinski definition) is 1. The zero-order valence-corrected chi connectivity index (χ0v) is 9.21. The van der Waals surface area contributed by atoms with E-state index in [1.54, 1.807) is 12.1 Å². The van der Waals surface area contributed by atoms with Crippen molar-refractivity contribution in [3.8, 4) is 0 Å². The fourth-order valence-corrected chi connectivity index (χ4v) is 1.68. The topological polar surface area (TPSA) is 26.0 Å². The highest BCUT2D eigenvalue weighted by molar-refractivity contribution is 5.15. The fraction of sp³-hybridized carbons (Fsp3) is 0.538. The molecule has 15 heavy (non-hydrogen) atoms. The van der Waals surface area contributed by atoms with Crippen molar-refractivity contribution in [2.24, 2.45) is 5.73 Å². The van der Waals surface area contributed by atoms with Crippen LogP contribution in [0, 0.1) is 5.82 Å². The van der Waals surface area contributed by atoms with Crippen LogP contribution < -0.4 is 5.73 Å². The van der Waals surface area contributed by atoms with E-state index in [0.717, 1.165) is 5.56 Å². The van der Waals surface area contributed by atoms with Gasteiger partial charge >= 0.3 is 0 Å². The molecule has 0 radical (unpaired) electrons. The highest BCUT2D eigenvalue weighted by atomic mass is 19.1. The largest absolute Gasteiger partial charge is 0.326 e. The molecule has 0 saturated heterocycles. The van der Waals surface area contributed by atoms with Gasteiger partial charge in [-0.3, -0.25) is 0 Å². The van der Waals surface area contributed by atoms with Crippen molar-refractivity contribution in [1.82, 2.24) is 0 Å². The van der Waals surface area contributed by atoms with Crippen molar-refractivity contribution < 1.29 is 4.39 Å². The van der Waals surface area contributed by atoms with Gasteiger partial charge in [-0.1, -0.05) is 50.7 Å². The van der Waals surface area contributed by atoms with E-state index in [1.165, 1.54) is 50.7 Å². The Hall–Kier alpha value is -0.890. The minimum absolute atomic E-state index is 0.216. The number of rotatable bonds is 1. The third-order valence-electron chi connectivity index (χ3n) is 2.65. The normalized spacial score (nSPS) is 15.3. The van der Waals surface area contributed by atoms with Crippen LogP contribution in [-0.4, -0.2) is 0 Å². The minimum Gasteiger partial charge on any atom is -0.326 e. The third-order valence-corrected chi connectivity index (χ3v) is 2.65. The summed E-state index contributed by atoms with van der Waals surface area (Å²) < 4.78 is 12.2. The van der Waals surface area contributed by atoms with Crippen molar-refractivity contribution in [2.75, 3.05) is 0 Å². The third kappa shape index (κ3) is 5.53. The fourth-order valence-electron chi connectivity index (χ4n) is 1.68. The summed E-state index contributed by atoms with van der Waals surface area (Å²) in [4.78, 5) is 0. The van der Waals surface area contributed by atoms with Crippen molar-refractivity contribution in [3.05, 3.63) is 35.6 Å². The average molecular weight is 209 g/mol. The van der Waals surface area contributed by atoms with Crippen LogP contribution in [0.4, 0.5) is 4.39 Å². The molecule has 84 valence electrons. The highest BCUT2D eigenvalue weighted by Gasteiger charge is 1.95. The molecule has 0 spiro atoms. The predicted molar refractivity (Wildman–Crippen MR) is 62.0 cm³/mol. The van der Waals surface area contributed by atoms with Crippen LogP contribution in [0.1, 0.15) is 44.1 Å². The molecule has 0 bridgehead atoms. The maximum Gasteiger partial charge on any atom is 0.123 e. The molecule has 0 aromatic heterocycles. The molecule has 0 aliphatic heterocycles. The monoisotopic (exact) mass is 209 g/mol. The van der Waals surface area contributed by atoms with Crippen LogP contribution in [0.25, 0.3) is 0 Å². The quantitative estimate of drug-likeness (QED) is 0.751. The second kappa shape index (κ2) is 7.41. The van der Waals surface area contributed by atoms with Crippen molar-refractivity contribution in [1.29, 1.82) is 0 Å². The van der Waals surface area contributed by atoms with E-state index in [-0.39, 0.29) is 5.82 Å². The van der Waals surface area contributed by atoms with E-state index in [0.29, 0.717) is 6.54 Å². The first kappa shape index (κ1) is 12.2. The van der Waals surface area contributed by atoms with E-state index in [1.807, 2.05) is 0 Å². The van der Waals surface area contributed by atoms with Gasteiger partial charge in [0.2, 0.25) is 0 Å². The van der Waals surface area contributed by atoms with Gasteiger partial charge in [0.15, 0.2) is 0 Å². The van der Waals surface area contributed by atoms with Crippen molar-refractivity contribution in [3.63, 3.8) is 0 Å². The molecule has 1 aromatic carbocycles. The lowest BCUT2D eigenvalue weighted by molar-refractivity contribution is 0.504. The molecular weight excluding hydrogens is 189 g/mol. The second-order valence-electron chi connectivity index (χ2n) is 3.95. The van der Waals surface area contributed by atoms with Gasteiger partial charge in [0, 0.05) is 6.54 Å². The van der Waals surface area contributed by atoms with Gasteiger partial charge in [0.1, 0.15) is 5.82 Å². The summed E-state index contributed by atoms with van der Waals surface area (Å²) in [5.41, 5.74) is 6.23. The van der Waals surface area contributed by atoms with Gasteiger partial charge in [-0.05, 0) is 17.7 Å². The van der Waals surface area contributed by atoms with E-state index in [9.17, 15) is 4.39 Å². The molecule has 0 atom stereocenters. The second-order valence-corrected chi connectivity index (χ2v) is 3.95. The molecular formula is C13H20FN. The smallest absolute Gasteiger partial charge is 0.123 e. The number of halogens is 1. The lowest BCUT2D eigenvalue weighted by Crippen LogP contribution is -1.94. The van der Waals surface area contributed by atoms with E-state index >= 15 is 0 Å². The maximum atomic E-state index is 12.2. The Morgan fingerprint density at radius 2 is 1.27 bits per heavy atom. The Morgan fingerprint density at radius 1 is 0.867 bits per heavy atom. The lowest BCUT2D eigenvalue weighted by Gasteiger charge is -2.05. The summed E-state index contributed by atoms with van der Waals surface area (Å²) in [7, 11) is 0. The van der Waals surface area contributed by atoms with Crippen LogP contribution in [-0.2, 0) is 6.54 Å². The molecule has 1 saturated carbocycles. The molecule has 2 N–H and O–H groups in total. The Labute approximate surface area is 91.5 Å². The maximum absolute atomic E-state index is 12.2. The van der Waals surface area contributed by atoms with Gasteiger partial charge < -0.3 is 5.73 Å². The lowest BCUT2D eigenvalue weighted by atomic mass is 10.0. The number of nitrogens with two attached hydrogens (primary N) is 1. The molecule has 0 amide bonds. The molecule has 1 nitrogen and oxygen atoms in total. The Morgan fingerprint density at radius 3 is 1.60 bits per heavy atom. The van der Waals surface area contributed by atoms with Crippen LogP contribution in [0.15, 0.2) is 24.3 Å². The van der Waals surface area contributed by atoms with Gasteiger partial charge in [0.25, 0.3) is 0 Å². The standard InChI is InChI=1S/C7H8FN.C6H12/c8-7-3-1-6(5-9)2-4-7;1-2-4-6-5-3-1/h1-4H,5,9H2;1-6H2. The molecule has 2 heteroatoms.